The minimum Gasteiger partial charge on any atom is -0.351 e. The number of amides is 2. The fourth-order valence-corrected chi connectivity index (χ4v) is 1.89. The summed E-state index contributed by atoms with van der Waals surface area (Å²) in [5.74, 6) is -0.361. The SMILES string of the molecule is CCCC(C)C(=O)Nc1ccccc1C(=O)NCCN. The van der Waals surface area contributed by atoms with Gasteiger partial charge in [-0.2, -0.15) is 0 Å². The van der Waals surface area contributed by atoms with Gasteiger partial charge in [0.1, 0.15) is 0 Å². The lowest BCUT2D eigenvalue weighted by atomic mass is 10.0. The summed E-state index contributed by atoms with van der Waals surface area (Å²) in [5.41, 5.74) is 6.36. The minimum absolute atomic E-state index is 0.0640. The van der Waals surface area contributed by atoms with Crippen molar-refractivity contribution in [2.75, 3.05) is 18.4 Å². The average Bonchev–Trinajstić information content (AvgIpc) is 2.45. The zero-order chi connectivity index (χ0) is 15.0. The first-order valence-corrected chi connectivity index (χ1v) is 6.98. The second-order valence-electron chi connectivity index (χ2n) is 4.77. The van der Waals surface area contributed by atoms with Gasteiger partial charge in [0.15, 0.2) is 0 Å². The summed E-state index contributed by atoms with van der Waals surface area (Å²) in [5, 5.41) is 5.52. The lowest BCUT2D eigenvalue weighted by Gasteiger charge is -2.14. The van der Waals surface area contributed by atoms with E-state index in [9.17, 15) is 9.59 Å². The van der Waals surface area contributed by atoms with Crippen LogP contribution in [0.25, 0.3) is 0 Å². The molecule has 1 atom stereocenters. The molecular formula is C15H23N3O2. The smallest absolute Gasteiger partial charge is 0.253 e. The van der Waals surface area contributed by atoms with E-state index in [2.05, 4.69) is 10.6 Å². The van der Waals surface area contributed by atoms with E-state index in [0.717, 1.165) is 12.8 Å². The number of carbonyl (C=O) groups is 2. The van der Waals surface area contributed by atoms with Crippen molar-refractivity contribution in [3.8, 4) is 0 Å². The molecule has 0 aliphatic rings. The molecule has 0 radical (unpaired) electrons. The predicted molar refractivity (Wildman–Crippen MR) is 80.5 cm³/mol. The molecule has 110 valence electrons. The van der Waals surface area contributed by atoms with Crippen molar-refractivity contribution in [2.24, 2.45) is 11.7 Å². The van der Waals surface area contributed by atoms with Crippen molar-refractivity contribution in [3.63, 3.8) is 0 Å². The van der Waals surface area contributed by atoms with Crippen LogP contribution in [-0.4, -0.2) is 24.9 Å². The van der Waals surface area contributed by atoms with Crippen LogP contribution in [0.15, 0.2) is 24.3 Å². The summed E-state index contributed by atoms with van der Waals surface area (Å²) in [6.45, 7) is 4.72. The summed E-state index contributed by atoms with van der Waals surface area (Å²) >= 11 is 0. The molecule has 0 saturated heterocycles. The molecule has 4 N–H and O–H groups in total. The molecule has 1 rings (SSSR count). The molecule has 1 aromatic carbocycles. The number of hydrogen-bond acceptors (Lipinski definition) is 3. The minimum atomic E-state index is -0.227. The Morgan fingerprint density at radius 1 is 1.30 bits per heavy atom. The normalized spacial score (nSPS) is 11.8. The van der Waals surface area contributed by atoms with Gasteiger partial charge in [0.05, 0.1) is 11.3 Å². The van der Waals surface area contributed by atoms with E-state index in [4.69, 9.17) is 5.73 Å². The Kier molecular flexibility index (Phi) is 6.73. The van der Waals surface area contributed by atoms with Gasteiger partial charge >= 0.3 is 0 Å². The molecule has 0 aromatic heterocycles. The second kappa shape index (κ2) is 8.32. The Balaban J connectivity index is 2.80. The van der Waals surface area contributed by atoms with E-state index in [-0.39, 0.29) is 17.7 Å². The van der Waals surface area contributed by atoms with Crippen LogP contribution in [0.4, 0.5) is 5.69 Å². The van der Waals surface area contributed by atoms with Gasteiger partial charge in [-0.15, -0.1) is 0 Å². The number of benzene rings is 1. The number of hydrogen-bond donors (Lipinski definition) is 3. The number of nitrogens with two attached hydrogens (primary N) is 1. The summed E-state index contributed by atoms with van der Waals surface area (Å²) in [6.07, 6.45) is 1.78. The van der Waals surface area contributed by atoms with Crippen LogP contribution in [0.2, 0.25) is 0 Å². The molecule has 2 amide bonds. The lowest BCUT2D eigenvalue weighted by molar-refractivity contribution is -0.119. The van der Waals surface area contributed by atoms with Gasteiger partial charge in [-0.25, -0.2) is 0 Å². The van der Waals surface area contributed by atoms with Crippen molar-refractivity contribution in [1.82, 2.24) is 5.32 Å². The zero-order valence-corrected chi connectivity index (χ0v) is 12.1. The van der Waals surface area contributed by atoms with Gasteiger partial charge in [0.25, 0.3) is 5.91 Å². The second-order valence-corrected chi connectivity index (χ2v) is 4.77. The van der Waals surface area contributed by atoms with E-state index in [1.807, 2.05) is 13.8 Å². The molecule has 0 bridgehead atoms. The van der Waals surface area contributed by atoms with Crippen molar-refractivity contribution < 1.29 is 9.59 Å². The monoisotopic (exact) mass is 277 g/mol. The maximum atomic E-state index is 12.0. The Bertz CT molecular complexity index is 460. The topological polar surface area (TPSA) is 84.2 Å². The fourth-order valence-electron chi connectivity index (χ4n) is 1.89. The van der Waals surface area contributed by atoms with Crippen LogP contribution in [0.3, 0.4) is 0 Å². The molecule has 5 heteroatoms. The van der Waals surface area contributed by atoms with E-state index in [0.29, 0.717) is 24.3 Å². The maximum Gasteiger partial charge on any atom is 0.253 e. The van der Waals surface area contributed by atoms with Gasteiger partial charge in [0, 0.05) is 19.0 Å². The molecular weight excluding hydrogens is 254 g/mol. The number of para-hydroxylation sites is 1. The molecule has 0 saturated carbocycles. The van der Waals surface area contributed by atoms with Crippen molar-refractivity contribution in [3.05, 3.63) is 29.8 Å². The molecule has 0 spiro atoms. The largest absolute Gasteiger partial charge is 0.351 e. The van der Waals surface area contributed by atoms with Crippen LogP contribution in [0, 0.1) is 5.92 Å². The average molecular weight is 277 g/mol. The van der Waals surface area contributed by atoms with E-state index in [1.54, 1.807) is 24.3 Å². The Hall–Kier alpha value is -1.88. The summed E-state index contributed by atoms with van der Waals surface area (Å²) < 4.78 is 0. The van der Waals surface area contributed by atoms with Crippen molar-refractivity contribution >= 4 is 17.5 Å². The molecule has 20 heavy (non-hydrogen) atoms. The number of nitrogens with one attached hydrogen (secondary N) is 2. The molecule has 1 aromatic rings. The lowest BCUT2D eigenvalue weighted by Crippen LogP contribution is -2.30. The number of anilines is 1. The number of carbonyl (C=O) groups excluding carboxylic acids is 2. The van der Waals surface area contributed by atoms with Gasteiger partial charge in [-0.3, -0.25) is 9.59 Å². The third-order valence-corrected chi connectivity index (χ3v) is 3.03. The van der Waals surface area contributed by atoms with Crippen LogP contribution in [0.1, 0.15) is 37.0 Å². The van der Waals surface area contributed by atoms with Crippen molar-refractivity contribution in [2.45, 2.75) is 26.7 Å². The molecule has 5 nitrogen and oxygen atoms in total. The Morgan fingerprint density at radius 2 is 2.00 bits per heavy atom. The highest BCUT2D eigenvalue weighted by Crippen LogP contribution is 2.17. The number of rotatable bonds is 7. The van der Waals surface area contributed by atoms with Gasteiger partial charge in [-0.1, -0.05) is 32.4 Å². The van der Waals surface area contributed by atoms with Crippen LogP contribution >= 0.6 is 0 Å². The third kappa shape index (κ3) is 4.66. The molecule has 0 fully saturated rings. The maximum absolute atomic E-state index is 12.0. The summed E-state index contributed by atoms with van der Waals surface area (Å²) in [7, 11) is 0. The molecule has 0 heterocycles. The van der Waals surface area contributed by atoms with Gasteiger partial charge in [0.2, 0.25) is 5.91 Å². The predicted octanol–water partition coefficient (Wildman–Crippen LogP) is 1.75. The quantitative estimate of drug-likeness (QED) is 0.710. The highest BCUT2D eigenvalue weighted by Gasteiger charge is 2.16. The molecule has 1 unspecified atom stereocenters. The first kappa shape index (κ1) is 16.2. The van der Waals surface area contributed by atoms with Gasteiger partial charge < -0.3 is 16.4 Å². The fraction of sp³-hybridized carbons (Fsp3) is 0.467. The third-order valence-electron chi connectivity index (χ3n) is 3.03. The van der Waals surface area contributed by atoms with Crippen LogP contribution < -0.4 is 16.4 Å². The van der Waals surface area contributed by atoms with Crippen LogP contribution in [-0.2, 0) is 4.79 Å². The van der Waals surface area contributed by atoms with E-state index >= 15 is 0 Å². The van der Waals surface area contributed by atoms with E-state index in [1.165, 1.54) is 0 Å². The van der Waals surface area contributed by atoms with Crippen molar-refractivity contribution in [1.29, 1.82) is 0 Å². The first-order chi connectivity index (χ1) is 9.60. The highest BCUT2D eigenvalue weighted by molar-refractivity contribution is 6.04. The van der Waals surface area contributed by atoms with E-state index < -0.39 is 0 Å². The van der Waals surface area contributed by atoms with Crippen LogP contribution in [0.5, 0.6) is 0 Å². The summed E-state index contributed by atoms with van der Waals surface area (Å²) in [6, 6.07) is 6.97. The Morgan fingerprint density at radius 3 is 2.65 bits per heavy atom. The standard InChI is InChI=1S/C15H23N3O2/c1-3-6-11(2)14(19)18-13-8-5-4-7-12(13)15(20)17-10-9-16/h4-5,7-8,11H,3,6,9-10,16H2,1-2H3,(H,17,20)(H,18,19). The Labute approximate surface area is 119 Å². The summed E-state index contributed by atoms with van der Waals surface area (Å²) in [4.78, 5) is 24.0. The zero-order valence-electron chi connectivity index (χ0n) is 12.1. The molecule has 0 aliphatic carbocycles. The first-order valence-electron chi connectivity index (χ1n) is 6.98. The molecule has 0 aliphatic heterocycles. The highest BCUT2D eigenvalue weighted by atomic mass is 16.2. The van der Waals surface area contributed by atoms with Gasteiger partial charge in [-0.05, 0) is 18.6 Å².